The van der Waals surface area contributed by atoms with Crippen molar-refractivity contribution in [3.63, 3.8) is 0 Å². The van der Waals surface area contributed by atoms with Gasteiger partial charge >= 0.3 is 0 Å². The van der Waals surface area contributed by atoms with Gasteiger partial charge in [0.25, 0.3) is 5.56 Å². The van der Waals surface area contributed by atoms with Crippen LogP contribution in [0, 0.1) is 5.82 Å². The second-order valence-electron chi connectivity index (χ2n) is 7.07. The standard InChI is InChI=1S/C21H17ClFN3O2S2/c22-15-6-1-7-16(23)14(15)11-29-21-25-17-13-5-2-8-24-19(13)30-18(17)20(27)26(21)10-12-4-3-9-28-12/h1-2,5-8,12H,3-4,9-11H2/t12-/m1/s1. The fraction of sp³-hybridized carbons (Fsp3) is 0.286. The number of hydrogen-bond acceptors (Lipinski definition) is 6. The highest BCUT2D eigenvalue weighted by atomic mass is 35.5. The number of ether oxygens (including phenoxy) is 1. The molecular formula is C21H17ClFN3O2S2. The lowest BCUT2D eigenvalue weighted by Crippen LogP contribution is -2.28. The van der Waals surface area contributed by atoms with E-state index in [9.17, 15) is 9.18 Å². The van der Waals surface area contributed by atoms with Crippen molar-refractivity contribution in [2.24, 2.45) is 0 Å². The average Bonchev–Trinajstić information content (AvgIpc) is 3.38. The summed E-state index contributed by atoms with van der Waals surface area (Å²) in [6.45, 7) is 1.13. The Balaban J connectivity index is 1.61. The summed E-state index contributed by atoms with van der Waals surface area (Å²) in [5.74, 6) is -0.0933. The third-order valence-corrected chi connectivity index (χ3v) is 7.58. The van der Waals surface area contributed by atoms with Gasteiger partial charge in [-0.05, 0) is 37.1 Å². The van der Waals surface area contributed by atoms with Crippen LogP contribution in [0.25, 0.3) is 20.4 Å². The summed E-state index contributed by atoms with van der Waals surface area (Å²) in [5.41, 5.74) is 0.929. The van der Waals surface area contributed by atoms with Crippen LogP contribution in [0.15, 0.2) is 46.5 Å². The molecule has 0 aliphatic carbocycles. The molecule has 0 bridgehead atoms. The van der Waals surface area contributed by atoms with Crippen molar-refractivity contribution in [2.45, 2.75) is 36.4 Å². The van der Waals surface area contributed by atoms with Crippen molar-refractivity contribution >= 4 is 55.1 Å². The number of thioether (sulfide) groups is 1. The Kier molecular flexibility index (Phi) is 5.49. The smallest absolute Gasteiger partial charge is 0.272 e. The number of pyridine rings is 1. The summed E-state index contributed by atoms with van der Waals surface area (Å²) in [4.78, 5) is 23.4. The molecule has 0 amide bonds. The van der Waals surface area contributed by atoms with E-state index < -0.39 is 0 Å². The Morgan fingerprint density at radius 1 is 1.33 bits per heavy atom. The Hall–Kier alpha value is -2.00. The molecule has 30 heavy (non-hydrogen) atoms. The van der Waals surface area contributed by atoms with Crippen LogP contribution in [-0.4, -0.2) is 27.2 Å². The topological polar surface area (TPSA) is 57.0 Å². The zero-order valence-corrected chi connectivity index (χ0v) is 18.2. The van der Waals surface area contributed by atoms with Gasteiger partial charge in [0.2, 0.25) is 0 Å². The first-order valence-electron chi connectivity index (χ1n) is 9.57. The predicted molar refractivity (Wildman–Crippen MR) is 119 cm³/mol. The van der Waals surface area contributed by atoms with Crippen LogP contribution in [0.3, 0.4) is 0 Å². The lowest BCUT2D eigenvalue weighted by molar-refractivity contribution is 0.0938. The second kappa shape index (κ2) is 8.26. The molecule has 1 aliphatic rings. The van der Waals surface area contributed by atoms with E-state index in [-0.39, 0.29) is 23.2 Å². The van der Waals surface area contributed by atoms with E-state index in [0.717, 1.165) is 23.1 Å². The van der Waals surface area contributed by atoms with Crippen molar-refractivity contribution in [3.05, 3.63) is 63.3 Å². The van der Waals surface area contributed by atoms with Gasteiger partial charge in [-0.3, -0.25) is 9.36 Å². The Bertz CT molecular complexity index is 1280. The van der Waals surface area contributed by atoms with Crippen molar-refractivity contribution in [1.82, 2.24) is 14.5 Å². The highest BCUT2D eigenvalue weighted by molar-refractivity contribution is 7.98. The Morgan fingerprint density at radius 3 is 3.03 bits per heavy atom. The molecule has 9 heteroatoms. The molecule has 1 saturated heterocycles. The number of halogens is 2. The van der Waals surface area contributed by atoms with E-state index in [1.807, 2.05) is 12.1 Å². The normalized spacial score (nSPS) is 16.7. The first kappa shape index (κ1) is 19.9. The lowest BCUT2D eigenvalue weighted by atomic mass is 10.2. The molecule has 1 aliphatic heterocycles. The van der Waals surface area contributed by atoms with Crippen LogP contribution in [-0.2, 0) is 17.0 Å². The van der Waals surface area contributed by atoms with E-state index in [4.69, 9.17) is 21.3 Å². The molecule has 0 N–H and O–H groups in total. The number of fused-ring (bicyclic) bond motifs is 3. The van der Waals surface area contributed by atoms with Crippen molar-refractivity contribution in [2.75, 3.05) is 6.61 Å². The van der Waals surface area contributed by atoms with Gasteiger partial charge in [0.15, 0.2) is 5.16 Å². The first-order valence-corrected chi connectivity index (χ1v) is 11.7. The van der Waals surface area contributed by atoms with Gasteiger partial charge in [-0.1, -0.05) is 29.4 Å². The SMILES string of the molecule is O=c1c2sc3ncccc3c2nc(SCc2c(F)cccc2Cl)n1C[C@H]1CCCO1. The van der Waals surface area contributed by atoms with Crippen molar-refractivity contribution < 1.29 is 9.13 Å². The van der Waals surface area contributed by atoms with E-state index in [2.05, 4.69) is 4.98 Å². The molecule has 5 nitrogen and oxygen atoms in total. The molecule has 4 heterocycles. The maximum absolute atomic E-state index is 14.3. The van der Waals surface area contributed by atoms with E-state index in [0.29, 0.717) is 39.1 Å². The van der Waals surface area contributed by atoms with Gasteiger partial charge in [0.1, 0.15) is 15.3 Å². The maximum Gasteiger partial charge on any atom is 0.272 e. The van der Waals surface area contributed by atoms with Crippen LogP contribution in [0.1, 0.15) is 18.4 Å². The summed E-state index contributed by atoms with van der Waals surface area (Å²) in [7, 11) is 0. The first-order chi connectivity index (χ1) is 14.6. The highest BCUT2D eigenvalue weighted by Crippen LogP contribution is 2.33. The number of thiophene rings is 1. The van der Waals surface area contributed by atoms with Gasteiger partial charge in [-0.15, -0.1) is 11.3 Å². The minimum absolute atomic E-state index is 0.0224. The minimum atomic E-state index is -0.366. The molecule has 0 saturated carbocycles. The van der Waals surface area contributed by atoms with E-state index in [1.54, 1.807) is 22.9 Å². The molecule has 0 radical (unpaired) electrons. The van der Waals surface area contributed by atoms with E-state index >= 15 is 0 Å². The largest absolute Gasteiger partial charge is 0.376 e. The number of hydrogen-bond donors (Lipinski definition) is 0. The third-order valence-electron chi connectivity index (χ3n) is 5.14. The maximum atomic E-state index is 14.3. The van der Waals surface area contributed by atoms with Crippen LogP contribution in [0.4, 0.5) is 4.39 Å². The minimum Gasteiger partial charge on any atom is -0.376 e. The summed E-state index contributed by atoms with van der Waals surface area (Å²) < 4.78 is 22.2. The predicted octanol–water partition coefficient (Wildman–Crippen LogP) is 5.27. The summed E-state index contributed by atoms with van der Waals surface area (Å²) in [6, 6.07) is 8.37. The summed E-state index contributed by atoms with van der Waals surface area (Å²) in [6.07, 6.45) is 3.57. The van der Waals surface area contributed by atoms with Gasteiger partial charge < -0.3 is 4.74 Å². The van der Waals surface area contributed by atoms with E-state index in [1.165, 1.54) is 29.2 Å². The van der Waals surface area contributed by atoms with Crippen LogP contribution >= 0.6 is 34.7 Å². The number of rotatable bonds is 5. The van der Waals surface area contributed by atoms with Crippen molar-refractivity contribution in [1.29, 1.82) is 0 Å². The van der Waals surface area contributed by atoms with Gasteiger partial charge in [-0.25, -0.2) is 14.4 Å². The summed E-state index contributed by atoms with van der Waals surface area (Å²) in [5, 5.41) is 1.75. The molecule has 0 spiro atoms. The Labute approximate surface area is 184 Å². The zero-order valence-electron chi connectivity index (χ0n) is 15.8. The summed E-state index contributed by atoms with van der Waals surface area (Å²) >= 11 is 8.85. The molecule has 0 unspecified atom stereocenters. The number of aromatic nitrogens is 3. The molecule has 154 valence electrons. The fourth-order valence-electron chi connectivity index (χ4n) is 3.61. The Morgan fingerprint density at radius 2 is 2.23 bits per heavy atom. The molecule has 3 aromatic heterocycles. The molecular weight excluding hydrogens is 445 g/mol. The zero-order chi connectivity index (χ0) is 20.7. The van der Waals surface area contributed by atoms with Gasteiger partial charge in [-0.2, -0.15) is 0 Å². The lowest BCUT2D eigenvalue weighted by Gasteiger charge is -2.16. The highest BCUT2D eigenvalue weighted by Gasteiger charge is 2.22. The number of benzene rings is 1. The van der Waals surface area contributed by atoms with Crippen LogP contribution < -0.4 is 5.56 Å². The molecule has 5 rings (SSSR count). The van der Waals surface area contributed by atoms with Gasteiger partial charge in [0, 0.05) is 34.5 Å². The van der Waals surface area contributed by atoms with Crippen molar-refractivity contribution in [3.8, 4) is 0 Å². The van der Waals surface area contributed by atoms with Crippen LogP contribution in [0.5, 0.6) is 0 Å². The van der Waals surface area contributed by atoms with Gasteiger partial charge in [0.05, 0.1) is 18.2 Å². The molecule has 1 fully saturated rings. The van der Waals surface area contributed by atoms with Crippen LogP contribution in [0.2, 0.25) is 5.02 Å². The molecule has 1 atom stereocenters. The number of nitrogens with zero attached hydrogens (tertiary/aromatic N) is 3. The third kappa shape index (κ3) is 3.62. The monoisotopic (exact) mass is 461 g/mol. The molecule has 1 aromatic carbocycles. The fourth-order valence-corrected chi connectivity index (χ4v) is 5.99. The quantitative estimate of drug-likeness (QED) is 0.299. The molecule has 4 aromatic rings. The average molecular weight is 462 g/mol. The second-order valence-corrected chi connectivity index (χ2v) is 9.42.